The monoisotopic (exact) mass is 223 g/mol. The number of nitrogens with zero attached hydrogens (tertiary/aromatic N) is 2. The van der Waals surface area contributed by atoms with Gasteiger partial charge < -0.3 is 5.32 Å². The van der Waals surface area contributed by atoms with Crippen LogP contribution in [0.4, 0.5) is 0 Å². The van der Waals surface area contributed by atoms with Crippen molar-refractivity contribution in [3.05, 3.63) is 18.0 Å². The summed E-state index contributed by atoms with van der Waals surface area (Å²) in [4.78, 5) is 0. The van der Waals surface area contributed by atoms with Gasteiger partial charge in [-0.1, -0.05) is 6.92 Å². The molecule has 1 heterocycles. The fourth-order valence-corrected chi connectivity index (χ4v) is 1.55. The molecule has 0 aliphatic carbocycles. The summed E-state index contributed by atoms with van der Waals surface area (Å²) < 4.78 is 2.06. The molecule has 16 heavy (non-hydrogen) atoms. The van der Waals surface area contributed by atoms with Gasteiger partial charge >= 0.3 is 0 Å². The first-order chi connectivity index (χ1) is 7.29. The van der Waals surface area contributed by atoms with Crippen molar-refractivity contribution < 1.29 is 0 Å². The topological polar surface area (TPSA) is 29.9 Å². The highest BCUT2D eigenvalue weighted by molar-refractivity contribution is 5.00. The third kappa shape index (κ3) is 3.97. The van der Waals surface area contributed by atoms with Crippen LogP contribution in [0.1, 0.15) is 46.2 Å². The maximum absolute atomic E-state index is 4.37. The predicted molar refractivity (Wildman–Crippen MR) is 68.6 cm³/mol. The van der Waals surface area contributed by atoms with Crippen molar-refractivity contribution in [3.63, 3.8) is 0 Å². The van der Waals surface area contributed by atoms with Gasteiger partial charge in [-0.15, -0.1) is 0 Å². The van der Waals surface area contributed by atoms with E-state index >= 15 is 0 Å². The predicted octanol–water partition coefficient (Wildman–Crippen LogP) is 2.78. The molecule has 92 valence electrons. The van der Waals surface area contributed by atoms with E-state index in [1.807, 2.05) is 6.20 Å². The molecule has 1 N–H and O–H groups in total. The summed E-state index contributed by atoms with van der Waals surface area (Å²) in [5.41, 5.74) is 1.41. The molecule has 0 aliphatic rings. The average Bonchev–Trinajstić information content (AvgIpc) is 2.59. The molecule has 3 heteroatoms. The van der Waals surface area contributed by atoms with Crippen LogP contribution in [0.25, 0.3) is 0 Å². The van der Waals surface area contributed by atoms with Crippen LogP contribution >= 0.6 is 0 Å². The van der Waals surface area contributed by atoms with Gasteiger partial charge in [0.2, 0.25) is 0 Å². The number of hydrogen-bond donors (Lipinski definition) is 1. The van der Waals surface area contributed by atoms with Gasteiger partial charge in [-0.25, -0.2) is 0 Å². The van der Waals surface area contributed by atoms with Crippen LogP contribution in [-0.4, -0.2) is 21.9 Å². The van der Waals surface area contributed by atoms with Crippen LogP contribution in [-0.2, 0) is 0 Å². The SMILES string of the molecule is Cc1cnn(C(C)C(C)CNC(C)(C)C)c1. The third-order valence-electron chi connectivity index (χ3n) is 2.93. The first-order valence-corrected chi connectivity index (χ1v) is 6.05. The van der Waals surface area contributed by atoms with Gasteiger partial charge in [-0.2, -0.15) is 5.10 Å². The van der Waals surface area contributed by atoms with Crippen LogP contribution in [0.3, 0.4) is 0 Å². The summed E-state index contributed by atoms with van der Waals surface area (Å²) >= 11 is 0. The number of nitrogens with one attached hydrogen (secondary N) is 1. The molecule has 0 radical (unpaired) electrons. The van der Waals surface area contributed by atoms with E-state index in [0.29, 0.717) is 12.0 Å². The molecule has 0 bridgehead atoms. The van der Waals surface area contributed by atoms with Crippen LogP contribution in [0.2, 0.25) is 0 Å². The van der Waals surface area contributed by atoms with E-state index in [1.54, 1.807) is 0 Å². The zero-order valence-corrected chi connectivity index (χ0v) is 11.4. The number of rotatable bonds is 4. The summed E-state index contributed by atoms with van der Waals surface area (Å²) in [7, 11) is 0. The summed E-state index contributed by atoms with van der Waals surface area (Å²) in [5.74, 6) is 0.568. The normalized spacial score (nSPS) is 16.1. The zero-order valence-electron chi connectivity index (χ0n) is 11.4. The van der Waals surface area contributed by atoms with Gasteiger partial charge in [0, 0.05) is 18.3 Å². The Bertz CT molecular complexity index is 322. The van der Waals surface area contributed by atoms with Gasteiger partial charge in [-0.3, -0.25) is 4.68 Å². The van der Waals surface area contributed by atoms with Gasteiger partial charge in [0.15, 0.2) is 0 Å². The maximum Gasteiger partial charge on any atom is 0.0528 e. The first-order valence-electron chi connectivity index (χ1n) is 6.05. The lowest BCUT2D eigenvalue weighted by Gasteiger charge is -2.26. The van der Waals surface area contributed by atoms with Crippen molar-refractivity contribution in [2.45, 2.75) is 53.1 Å². The summed E-state index contributed by atoms with van der Waals surface area (Å²) in [6.45, 7) is 14.2. The number of aromatic nitrogens is 2. The fourth-order valence-electron chi connectivity index (χ4n) is 1.55. The Balaban J connectivity index is 2.51. The molecule has 2 atom stereocenters. The van der Waals surface area contributed by atoms with Gasteiger partial charge in [0.1, 0.15) is 0 Å². The third-order valence-corrected chi connectivity index (χ3v) is 2.93. The molecule has 1 rings (SSSR count). The van der Waals surface area contributed by atoms with E-state index < -0.39 is 0 Å². The lowest BCUT2D eigenvalue weighted by molar-refractivity contribution is 0.302. The average molecular weight is 223 g/mol. The lowest BCUT2D eigenvalue weighted by Crippen LogP contribution is -2.40. The van der Waals surface area contributed by atoms with E-state index in [0.717, 1.165) is 6.54 Å². The largest absolute Gasteiger partial charge is 0.312 e. The highest BCUT2D eigenvalue weighted by Crippen LogP contribution is 2.17. The van der Waals surface area contributed by atoms with E-state index in [1.165, 1.54) is 5.56 Å². The lowest BCUT2D eigenvalue weighted by atomic mass is 10.0. The molecule has 1 aromatic rings. The van der Waals surface area contributed by atoms with Crippen LogP contribution in [0, 0.1) is 12.8 Å². The van der Waals surface area contributed by atoms with Gasteiger partial charge in [-0.05, 0) is 46.1 Å². The van der Waals surface area contributed by atoms with Crippen molar-refractivity contribution in [1.82, 2.24) is 15.1 Å². The van der Waals surface area contributed by atoms with Gasteiger partial charge in [0.25, 0.3) is 0 Å². The molecule has 0 saturated carbocycles. The Morgan fingerprint density at radius 2 is 2.00 bits per heavy atom. The molecule has 2 unspecified atom stereocenters. The zero-order chi connectivity index (χ0) is 12.3. The second kappa shape index (κ2) is 5.00. The Morgan fingerprint density at radius 1 is 1.38 bits per heavy atom. The Labute approximate surface area is 99.2 Å². The highest BCUT2D eigenvalue weighted by atomic mass is 15.3. The van der Waals surface area contributed by atoms with E-state index in [4.69, 9.17) is 0 Å². The van der Waals surface area contributed by atoms with Crippen molar-refractivity contribution in [2.75, 3.05) is 6.54 Å². The van der Waals surface area contributed by atoms with Crippen LogP contribution in [0.15, 0.2) is 12.4 Å². The summed E-state index contributed by atoms with van der Waals surface area (Å²) in [6, 6.07) is 0.434. The summed E-state index contributed by atoms with van der Waals surface area (Å²) in [6.07, 6.45) is 4.03. The molecular weight excluding hydrogens is 198 g/mol. The quantitative estimate of drug-likeness (QED) is 0.850. The number of aryl methyl sites for hydroxylation is 1. The fraction of sp³-hybridized carbons (Fsp3) is 0.769. The molecule has 0 aliphatic heterocycles. The minimum absolute atomic E-state index is 0.189. The molecule has 0 amide bonds. The minimum atomic E-state index is 0.189. The molecule has 3 nitrogen and oxygen atoms in total. The molecule has 1 aromatic heterocycles. The minimum Gasteiger partial charge on any atom is -0.312 e. The number of hydrogen-bond acceptors (Lipinski definition) is 2. The molecule has 0 fully saturated rings. The molecular formula is C13H25N3. The Hall–Kier alpha value is -0.830. The molecule has 0 saturated heterocycles. The molecule has 0 aromatic carbocycles. The van der Waals surface area contributed by atoms with Crippen LogP contribution in [0.5, 0.6) is 0 Å². The van der Waals surface area contributed by atoms with Crippen molar-refractivity contribution in [3.8, 4) is 0 Å². The standard InChI is InChI=1S/C13H25N3/c1-10-7-15-16(9-10)12(3)11(2)8-14-13(4,5)6/h7,9,11-12,14H,8H2,1-6H3. The van der Waals surface area contributed by atoms with Crippen LogP contribution < -0.4 is 5.32 Å². The van der Waals surface area contributed by atoms with Crippen molar-refractivity contribution >= 4 is 0 Å². The Morgan fingerprint density at radius 3 is 2.44 bits per heavy atom. The van der Waals surface area contributed by atoms with Crippen molar-refractivity contribution in [2.24, 2.45) is 5.92 Å². The van der Waals surface area contributed by atoms with E-state index in [9.17, 15) is 0 Å². The second-order valence-corrected chi connectivity index (χ2v) is 5.85. The second-order valence-electron chi connectivity index (χ2n) is 5.85. The summed E-state index contributed by atoms with van der Waals surface area (Å²) in [5, 5.41) is 7.91. The highest BCUT2D eigenvalue weighted by Gasteiger charge is 2.17. The first kappa shape index (κ1) is 13.2. The van der Waals surface area contributed by atoms with E-state index in [2.05, 4.69) is 62.8 Å². The smallest absolute Gasteiger partial charge is 0.0528 e. The molecule has 0 spiro atoms. The Kier molecular flexibility index (Phi) is 4.14. The van der Waals surface area contributed by atoms with Gasteiger partial charge in [0.05, 0.1) is 12.2 Å². The van der Waals surface area contributed by atoms with E-state index in [-0.39, 0.29) is 5.54 Å². The van der Waals surface area contributed by atoms with Crippen molar-refractivity contribution in [1.29, 1.82) is 0 Å². The maximum atomic E-state index is 4.37.